The lowest BCUT2D eigenvalue weighted by Crippen LogP contribution is -2.26. The minimum Gasteiger partial charge on any atom is -0.481 e. The predicted molar refractivity (Wildman–Crippen MR) is 51.9 cm³/mol. The van der Waals surface area contributed by atoms with Crippen LogP contribution in [0.3, 0.4) is 0 Å². The van der Waals surface area contributed by atoms with Gasteiger partial charge in [0.05, 0.1) is 18.6 Å². The Morgan fingerprint density at radius 3 is 2.64 bits per heavy atom. The second kappa shape index (κ2) is 7.73. The van der Waals surface area contributed by atoms with Crippen LogP contribution in [0.2, 0.25) is 0 Å². The van der Waals surface area contributed by atoms with E-state index in [-0.39, 0.29) is 13.0 Å². The van der Waals surface area contributed by atoms with Gasteiger partial charge in [0.15, 0.2) is 0 Å². The molecule has 0 aromatic heterocycles. The summed E-state index contributed by atoms with van der Waals surface area (Å²) in [5.41, 5.74) is 5.27. The number of ether oxygens (including phenoxy) is 1. The lowest BCUT2D eigenvalue weighted by atomic mass is 9.98. The van der Waals surface area contributed by atoms with Crippen LogP contribution in [0.25, 0.3) is 0 Å². The van der Waals surface area contributed by atoms with E-state index in [2.05, 4.69) is 0 Å². The summed E-state index contributed by atoms with van der Waals surface area (Å²) in [5, 5.41) is 18.2. The van der Waals surface area contributed by atoms with Gasteiger partial charge in [0.1, 0.15) is 0 Å². The molecule has 2 unspecified atom stereocenters. The van der Waals surface area contributed by atoms with Gasteiger partial charge in [-0.2, -0.15) is 0 Å². The van der Waals surface area contributed by atoms with Gasteiger partial charge in [-0.25, -0.2) is 0 Å². The van der Waals surface area contributed by atoms with Crippen LogP contribution in [0.1, 0.15) is 19.8 Å². The number of carboxylic acid groups (broad SMARTS) is 1. The maximum Gasteiger partial charge on any atom is 0.306 e. The first-order chi connectivity index (χ1) is 6.61. The molecule has 0 aromatic carbocycles. The fourth-order valence-electron chi connectivity index (χ4n) is 1.19. The molecule has 0 amide bonds. The minimum atomic E-state index is -0.911. The van der Waals surface area contributed by atoms with Crippen molar-refractivity contribution >= 4 is 5.97 Å². The van der Waals surface area contributed by atoms with E-state index in [1.54, 1.807) is 0 Å². The van der Waals surface area contributed by atoms with E-state index in [4.69, 9.17) is 15.6 Å². The van der Waals surface area contributed by atoms with Crippen LogP contribution in [0.15, 0.2) is 0 Å². The molecule has 0 aromatic rings. The number of aliphatic hydroxyl groups is 1. The van der Waals surface area contributed by atoms with E-state index in [9.17, 15) is 9.90 Å². The van der Waals surface area contributed by atoms with Gasteiger partial charge >= 0.3 is 5.97 Å². The zero-order chi connectivity index (χ0) is 11.0. The predicted octanol–water partition coefficient (Wildman–Crippen LogP) is -0.176. The average molecular weight is 205 g/mol. The Kier molecular flexibility index (Phi) is 7.37. The summed E-state index contributed by atoms with van der Waals surface area (Å²) >= 11 is 0. The quantitative estimate of drug-likeness (QED) is 0.511. The van der Waals surface area contributed by atoms with E-state index in [0.717, 1.165) is 0 Å². The summed E-state index contributed by atoms with van der Waals surface area (Å²) in [6, 6.07) is 0. The number of aliphatic carboxylic acids is 1. The van der Waals surface area contributed by atoms with Gasteiger partial charge in [-0.05, 0) is 26.3 Å². The normalized spacial score (nSPS) is 15.1. The second-order valence-electron chi connectivity index (χ2n) is 3.16. The van der Waals surface area contributed by atoms with Crippen LogP contribution in [0.4, 0.5) is 0 Å². The van der Waals surface area contributed by atoms with Gasteiger partial charge in [-0.15, -0.1) is 0 Å². The van der Waals surface area contributed by atoms with E-state index in [0.29, 0.717) is 19.6 Å². The van der Waals surface area contributed by atoms with Crippen molar-refractivity contribution in [2.45, 2.75) is 25.9 Å². The molecule has 5 nitrogen and oxygen atoms in total. The Balaban J connectivity index is 3.83. The van der Waals surface area contributed by atoms with Crippen molar-refractivity contribution < 1.29 is 19.7 Å². The number of carboxylic acids is 1. The minimum absolute atomic E-state index is 0.185. The summed E-state index contributed by atoms with van der Waals surface area (Å²) in [5.74, 6) is -1.48. The van der Waals surface area contributed by atoms with Crippen LogP contribution >= 0.6 is 0 Å². The van der Waals surface area contributed by atoms with Crippen molar-refractivity contribution in [1.29, 1.82) is 0 Å². The first kappa shape index (κ1) is 13.4. The third-order valence-electron chi connectivity index (χ3n) is 1.94. The Hall–Kier alpha value is -0.650. The van der Waals surface area contributed by atoms with Crippen LogP contribution in [0, 0.1) is 5.92 Å². The summed E-state index contributed by atoms with van der Waals surface area (Å²) in [6.45, 7) is 2.84. The molecule has 84 valence electrons. The molecular weight excluding hydrogens is 186 g/mol. The summed E-state index contributed by atoms with van der Waals surface area (Å²) < 4.78 is 4.98. The fraction of sp³-hybridized carbons (Fsp3) is 0.889. The highest BCUT2D eigenvalue weighted by molar-refractivity contribution is 5.69. The van der Waals surface area contributed by atoms with Crippen LogP contribution in [-0.4, -0.2) is 42.0 Å². The van der Waals surface area contributed by atoms with Gasteiger partial charge in [0.25, 0.3) is 0 Å². The molecule has 0 aliphatic heterocycles. The molecular formula is C9H19NO4. The van der Waals surface area contributed by atoms with E-state index in [1.165, 1.54) is 0 Å². The molecule has 0 spiro atoms. The number of aliphatic hydroxyl groups excluding tert-OH is 1. The molecule has 2 atom stereocenters. The SMILES string of the molecule is CCOCC(O)CC(CCN)C(=O)O. The molecule has 0 aliphatic carbocycles. The number of carbonyl (C=O) groups is 1. The largest absolute Gasteiger partial charge is 0.481 e. The molecule has 0 radical (unpaired) electrons. The molecule has 0 aliphatic rings. The first-order valence-corrected chi connectivity index (χ1v) is 4.80. The number of hydrogen-bond acceptors (Lipinski definition) is 4. The molecule has 5 heteroatoms. The van der Waals surface area contributed by atoms with Crippen LogP contribution in [0.5, 0.6) is 0 Å². The average Bonchev–Trinajstić information content (AvgIpc) is 2.14. The van der Waals surface area contributed by atoms with Crippen molar-refractivity contribution in [2.75, 3.05) is 19.8 Å². The third-order valence-corrected chi connectivity index (χ3v) is 1.94. The molecule has 0 bridgehead atoms. The molecule has 0 heterocycles. The van der Waals surface area contributed by atoms with Gasteiger partial charge < -0.3 is 20.7 Å². The molecule has 0 saturated heterocycles. The first-order valence-electron chi connectivity index (χ1n) is 4.80. The van der Waals surface area contributed by atoms with Gasteiger partial charge in [0, 0.05) is 6.61 Å². The Morgan fingerprint density at radius 2 is 2.21 bits per heavy atom. The Morgan fingerprint density at radius 1 is 1.57 bits per heavy atom. The highest BCUT2D eigenvalue weighted by atomic mass is 16.5. The molecule has 4 N–H and O–H groups in total. The van der Waals surface area contributed by atoms with Crippen molar-refractivity contribution in [3.63, 3.8) is 0 Å². The van der Waals surface area contributed by atoms with Crippen molar-refractivity contribution in [2.24, 2.45) is 11.7 Å². The monoisotopic (exact) mass is 205 g/mol. The molecule has 0 fully saturated rings. The number of nitrogens with two attached hydrogens (primary N) is 1. The van der Waals surface area contributed by atoms with Crippen LogP contribution in [-0.2, 0) is 9.53 Å². The zero-order valence-electron chi connectivity index (χ0n) is 8.48. The fourth-order valence-corrected chi connectivity index (χ4v) is 1.19. The lowest BCUT2D eigenvalue weighted by Gasteiger charge is -2.15. The van der Waals surface area contributed by atoms with Crippen molar-refractivity contribution in [1.82, 2.24) is 0 Å². The van der Waals surface area contributed by atoms with E-state index in [1.807, 2.05) is 6.92 Å². The third kappa shape index (κ3) is 5.90. The molecule has 0 saturated carbocycles. The zero-order valence-corrected chi connectivity index (χ0v) is 8.48. The van der Waals surface area contributed by atoms with E-state index >= 15 is 0 Å². The highest BCUT2D eigenvalue weighted by Gasteiger charge is 2.20. The number of rotatable bonds is 8. The maximum absolute atomic E-state index is 10.7. The van der Waals surface area contributed by atoms with Crippen molar-refractivity contribution in [3.8, 4) is 0 Å². The molecule has 0 rings (SSSR count). The standard InChI is InChI=1S/C9H19NO4/c1-2-14-6-8(11)5-7(3-4-10)9(12)13/h7-8,11H,2-6,10H2,1H3,(H,12,13). The Bertz CT molecular complexity index is 163. The van der Waals surface area contributed by atoms with Gasteiger partial charge in [-0.1, -0.05) is 0 Å². The maximum atomic E-state index is 10.7. The van der Waals surface area contributed by atoms with Crippen molar-refractivity contribution in [3.05, 3.63) is 0 Å². The lowest BCUT2D eigenvalue weighted by molar-refractivity contribution is -0.143. The molecule has 14 heavy (non-hydrogen) atoms. The second-order valence-corrected chi connectivity index (χ2v) is 3.16. The van der Waals surface area contributed by atoms with Gasteiger partial charge in [-0.3, -0.25) is 4.79 Å². The van der Waals surface area contributed by atoms with Crippen LogP contribution < -0.4 is 5.73 Å². The summed E-state index contributed by atoms with van der Waals surface area (Å²) in [6.07, 6.45) is -0.131. The number of hydrogen-bond donors (Lipinski definition) is 3. The van der Waals surface area contributed by atoms with Gasteiger partial charge in [0.2, 0.25) is 0 Å². The Labute approximate surface area is 83.9 Å². The summed E-state index contributed by atoms with van der Waals surface area (Å²) in [4.78, 5) is 10.7. The van der Waals surface area contributed by atoms with E-state index < -0.39 is 18.0 Å². The summed E-state index contributed by atoms with van der Waals surface area (Å²) in [7, 11) is 0. The topological polar surface area (TPSA) is 92.8 Å². The smallest absolute Gasteiger partial charge is 0.306 e. The highest BCUT2D eigenvalue weighted by Crippen LogP contribution is 2.11.